The number of thiophene rings is 1. The molecule has 1 aromatic carbocycles. The number of amides is 1. The number of benzene rings is 1. The van der Waals surface area contributed by atoms with Gasteiger partial charge in [-0.2, -0.15) is 0 Å². The molecular weight excluding hydrogens is 305 g/mol. The Morgan fingerprint density at radius 2 is 2.27 bits per heavy atom. The normalized spacial score (nSPS) is 16.5. The van der Waals surface area contributed by atoms with Crippen LogP contribution >= 0.6 is 11.3 Å². The molecule has 1 heterocycles. The summed E-state index contributed by atoms with van der Waals surface area (Å²) in [6.45, 7) is 0.406. The second-order valence-corrected chi connectivity index (χ2v) is 6.77. The van der Waals surface area contributed by atoms with Gasteiger partial charge in [-0.1, -0.05) is 6.07 Å². The van der Waals surface area contributed by atoms with Crippen molar-refractivity contribution in [3.05, 3.63) is 34.5 Å². The number of carbonyl (C=O) groups excluding carboxylic acids is 1. The molecule has 1 saturated carbocycles. The maximum Gasteiger partial charge on any atom is 0.261 e. The van der Waals surface area contributed by atoms with Crippen LogP contribution in [-0.2, 0) is 11.3 Å². The molecule has 118 valence electrons. The van der Waals surface area contributed by atoms with Gasteiger partial charge in [0.2, 0.25) is 0 Å². The van der Waals surface area contributed by atoms with E-state index in [-0.39, 0.29) is 24.9 Å². The summed E-state index contributed by atoms with van der Waals surface area (Å²) < 4.78 is 19.9. The Labute approximate surface area is 131 Å². The van der Waals surface area contributed by atoms with E-state index in [9.17, 15) is 14.3 Å². The largest absolute Gasteiger partial charge is 0.388 e. The van der Waals surface area contributed by atoms with Crippen LogP contribution in [0.4, 0.5) is 4.39 Å². The van der Waals surface area contributed by atoms with Crippen LogP contribution in [0.5, 0.6) is 0 Å². The summed E-state index contributed by atoms with van der Waals surface area (Å²) in [5.41, 5.74) is -0.211. The average molecular weight is 323 g/mol. The van der Waals surface area contributed by atoms with Crippen LogP contribution in [-0.4, -0.2) is 30.3 Å². The van der Waals surface area contributed by atoms with E-state index in [0.717, 1.165) is 11.1 Å². The summed E-state index contributed by atoms with van der Waals surface area (Å²) in [4.78, 5) is 12.9. The summed E-state index contributed by atoms with van der Waals surface area (Å²) >= 11 is 1.25. The topological polar surface area (TPSA) is 58.6 Å². The van der Waals surface area contributed by atoms with Gasteiger partial charge < -0.3 is 15.2 Å². The van der Waals surface area contributed by atoms with Gasteiger partial charge in [0, 0.05) is 29.3 Å². The van der Waals surface area contributed by atoms with Crippen molar-refractivity contribution >= 4 is 27.3 Å². The van der Waals surface area contributed by atoms with Crippen LogP contribution in [0.3, 0.4) is 0 Å². The van der Waals surface area contributed by atoms with Gasteiger partial charge in [-0.3, -0.25) is 4.79 Å². The Kier molecular flexibility index (Phi) is 4.16. The maximum atomic E-state index is 14.1. The number of rotatable bonds is 5. The van der Waals surface area contributed by atoms with Crippen LogP contribution in [0.1, 0.15) is 34.5 Å². The van der Waals surface area contributed by atoms with Crippen LogP contribution in [0.15, 0.2) is 18.2 Å². The van der Waals surface area contributed by atoms with Gasteiger partial charge in [-0.25, -0.2) is 4.39 Å². The van der Waals surface area contributed by atoms with Gasteiger partial charge in [0.25, 0.3) is 5.91 Å². The van der Waals surface area contributed by atoms with Crippen molar-refractivity contribution in [3.63, 3.8) is 0 Å². The molecule has 1 aromatic heterocycles. The van der Waals surface area contributed by atoms with Gasteiger partial charge >= 0.3 is 0 Å². The second-order valence-electron chi connectivity index (χ2n) is 5.72. The highest BCUT2D eigenvalue weighted by Gasteiger charge is 2.35. The van der Waals surface area contributed by atoms with Crippen molar-refractivity contribution in [2.75, 3.05) is 13.7 Å². The van der Waals surface area contributed by atoms with Gasteiger partial charge in [0.15, 0.2) is 0 Å². The number of halogens is 1. The fourth-order valence-electron chi connectivity index (χ4n) is 2.72. The van der Waals surface area contributed by atoms with E-state index in [1.54, 1.807) is 12.1 Å². The van der Waals surface area contributed by atoms with Gasteiger partial charge in [0.1, 0.15) is 5.82 Å². The Morgan fingerprint density at radius 3 is 2.91 bits per heavy atom. The van der Waals surface area contributed by atoms with Crippen molar-refractivity contribution in [3.8, 4) is 0 Å². The lowest BCUT2D eigenvalue weighted by atomic mass is 9.80. The van der Waals surface area contributed by atoms with E-state index in [1.165, 1.54) is 24.5 Å². The first-order chi connectivity index (χ1) is 10.5. The Hall–Kier alpha value is -1.50. The molecule has 0 aliphatic heterocycles. The third-order valence-electron chi connectivity index (χ3n) is 4.12. The zero-order chi connectivity index (χ0) is 15.7. The number of ether oxygens (including phenoxy) is 1. The molecule has 1 aliphatic carbocycles. The standard InChI is InChI=1S/C16H18FNO3S/c1-21-8-10-13-11(17)4-2-5-12(13)22-14(10)15(19)18-9-16(20)6-3-7-16/h2,4-5,20H,3,6-9H2,1H3,(H,18,19). The van der Waals surface area contributed by atoms with Gasteiger partial charge in [0.05, 0.1) is 17.1 Å². The Morgan fingerprint density at radius 1 is 1.50 bits per heavy atom. The zero-order valence-electron chi connectivity index (χ0n) is 12.3. The molecule has 1 aliphatic rings. The first-order valence-electron chi connectivity index (χ1n) is 7.23. The quantitative estimate of drug-likeness (QED) is 0.889. The van der Waals surface area contributed by atoms with Crippen LogP contribution in [0, 0.1) is 5.82 Å². The monoisotopic (exact) mass is 323 g/mol. The number of hydrogen-bond donors (Lipinski definition) is 2. The molecule has 0 unspecified atom stereocenters. The lowest BCUT2D eigenvalue weighted by Crippen LogP contribution is -2.47. The summed E-state index contributed by atoms with van der Waals surface area (Å²) in [5.74, 6) is -0.634. The van der Waals surface area contributed by atoms with E-state index < -0.39 is 5.60 Å². The first kappa shape index (κ1) is 15.4. The van der Waals surface area contributed by atoms with Gasteiger partial charge in [-0.15, -0.1) is 11.3 Å². The molecule has 0 radical (unpaired) electrons. The Bertz CT molecular complexity index is 709. The molecule has 4 nitrogen and oxygen atoms in total. The van der Waals surface area contributed by atoms with Crippen LogP contribution < -0.4 is 5.32 Å². The smallest absolute Gasteiger partial charge is 0.261 e. The minimum atomic E-state index is -0.779. The molecule has 6 heteroatoms. The summed E-state index contributed by atoms with van der Waals surface area (Å²) in [5, 5.41) is 13.3. The summed E-state index contributed by atoms with van der Waals surface area (Å²) in [7, 11) is 1.52. The number of fused-ring (bicyclic) bond motifs is 1. The molecule has 0 bridgehead atoms. The van der Waals surface area contributed by atoms with Crippen molar-refractivity contribution in [1.29, 1.82) is 0 Å². The lowest BCUT2D eigenvalue weighted by molar-refractivity contribution is -0.0300. The molecule has 2 N–H and O–H groups in total. The molecule has 0 saturated heterocycles. The summed E-state index contributed by atoms with van der Waals surface area (Å²) in [6, 6.07) is 4.80. The van der Waals surface area contributed by atoms with E-state index in [0.29, 0.717) is 28.7 Å². The molecule has 22 heavy (non-hydrogen) atoms. The van der Waals surface area contributed by atoms with Crippen LogP contribution in [0.25, 0.3) is 10.1 Å². The minimum Gasteiger partial charge on any atom is -0.388 e. The highest BCUT2D eigenvalue weighted by Crippen LogP contribution is 2.34. The van der Waals surface area contributed by atoms with E-state index in [4.69, 9.17) is 4.74 Å². The zero-order valence-corrected chi connectivity index (χ0v) is 13.1. The predicted octanol–water partition coefficient (Wildman–Crippen LogP) is 2.83. The average Bonchev–Trinajstić information content (AvgIpc) is 2.83. The number of nitrogens with one attached hydrogen (secondary N) is 1. The summed E-state index contributed by atoms with van der Waals surface area (Å²) in [6.07, 6.45) is 2.40. The fraction of sp³-hybridized carbons (Fsp3) is 0.438. The van der Waals surface area contributed by atoms with Crippen molar-refractivity contribution < 1.29 is 19.0 Å². The van der Waals surface area contributed by atoms with Gasteiger partial charge in [-0.05, 0) is 31.4 Å². The second kappa shape index (κ2) is 5.95. The molecule has 2 aromatic rings. The third-order valence-corrected chi connectivity index (χ3v) is 5.32. The Balaban J connectivity index is 1.90. The number of carbonyl (C=O) groups is 1. The fourth-order valence-corrected chi connectivity index (χ4v) is 3.86. The molecule has 3 rings (SSSR count). The van der Waals surface area contributed by atoms with E-state index in [2.05, 4.69) is 5.32 Å². The predicted molar refractivity (Wildman–Crippen MR) is 83.6 cm³/mol. The number of hydrogen-bond acceptors (Lipinski definition) is 4. The minimum absolute atomic E-state index is 0.175. The molecule has 1 amide bonds. The highest BCUT2D eigenvalue weighted by atomic mass is 32.1. The molecular formula is C16H18FNO3S. The third kappa shape index (κ3) is 2.74. The first-order valence-corrected chi connectivity index (χ1v) is 8.05. The lowest BCUT2D eigenvalue weighted by Gasteiger charge is -2.36. The highest BCUT2D eigenvalue weighted by molar-refractivity contribution is 7.21. The van der Waals surface area contributed by atoms with Crippen molar-refractivity contribution in [1.82, 2.24) is 5.32 Å². The molecule has 0 atom stereocenters. The number of methoxy groups -OCH3 is 1. The van der Waals surface area contributed by atoms with Crippen molar-refractivity contribution in [2.45, 2.75) is 31.5 Å². The van der Waals surface area contributed by atoms with Crippen LogP contribution in [0.2, 0.25) is 0 Å². The van der Waals surface area contributed by atoms with Crippen molar-refractivity contribution in [2.24, 2.45) is 0 Å². The SMILES string of the molecule is COCc1c(C(=O)NCC2(O)CCC2)sc2cccc(F)c12. The number of aliphatic hydroxyl groups is 1. The van der Waals surface area contributed by atoms with E-state index >= 15 is 0 Å². The van der Waals surface area contributed by atoms with E-state index in [1.807, 2.05) is 0 Å². The maximum absolute atomic E-state index is 14.1. The molecule has 0 spiro atoms. The molecule has 1 fully saturated rings.